The molecule has 0 aliphatic carbocycles. The van der Waals surface area contributed by atoms with Gasteiger partial charge in [-0.05, 0) is 31.2 Å². The molecule has 1 aliphatic rings. The van der Waals surface area contributed by atoms with Gasteiger partial charge in [0.1, 0.15) is 0 Å². The number of nitrogens with one attached hydrogen (secondary N) is 1. The summed E-state index contributed by atoms with van der Waals surface area (Å²) >= 11 is 0. The van der Waals surface area contributed by atoms with E-state index in [9.17, 15) is 8.78 Å². The first-order valence-corrected chi connectivity index (χ1v) is 7.29. The van der Waals surface area contributed by atoms with Crippen molar-refractivity contribution in [1.82, 2.24) is 10.2 Å². The van der Waals surface area contributed by atoms with Crippen molar-refractivity contribution in [1.29, 1.82) is 0 Å². The zero-order chi connectivity index (χ0) is 15.2. The van der Waals surface area contributed by atoms with Crippen molar-refractivity contribution in [3.8, 4) is 11.5 Å². The van der Waals surface area contributed by atoms with Crippen LogP contribution in [0, 0.1) is 0 Å². The van der Waals surface area contributed by atoms with E-state index in [4.69, 9.17) is 4.74 Å². The zero-order valence-electron chi connectivity index (χ0n) is 12.4. The van der Waals surface area contributed by atoms with Crippen LogP contribution in [0.2, 0.25) is 0 Å². The van der Waals surface area contributed by atoms with Gasteiger partial charge in [-0.1, -0.05) is 13.0 Å². The van der Waals surface area contributed by atoms with Crippen molar-refractivity contribution in [2.45, 2.75) is 33.0 Å². The maximum absolute atomic E-state index is 12.4. The Hall–Kier alpha value is -1.40. The van der Waals surface area contributed by atoms with Crippen LogP contribution in [0.4, 0.5) is 8.78 Å². The lowest BCUT2D eigenvalue weighted by Gasteiger charge is -2.37. The first kappa shape index (κ1) is 16.0. The third kappa shape index (κ3) is 4.28. The standard InChI is InChI=1S/C15H22F2N2O2/c1-3-19(12-8-18-9-12)10-11-5-6-13(21-15(16)17)14(7-11)20-4-2/h5-7,12,15,18H,3-4,8-10H2,1-2H3. The molecule has 6 heteroatoms. The van der Waals surface area contributed by atoms with Crippen molar-refractivity contribution in [3.05, 3.63) is 23.8 Å². The van der Waals surface area contributed by atoms with Gasteiger partial charge in [0.2, 0.25) is 0 Å². The molecule has 1 fully saturated rings. The summed E-state index contributed by atoms with van der Waals surface area (Å²) in [5.41, 5.74) is 1.04. The second kappa shape index (κ2) is 7.56. The lowest BCUT2D eigenvalue weighted by Crippen LogP contribution is -2.56. The van der Waals surface area contributed by atoms with E-state index in [2.05, 4.69) is 21.9 Å². The highest BCUT2D eigenvalue weighted by atomic mass is 19.3. The van der Waals surface area contributed by atoms with Crippen LogP contribution in [0.25, 0.3) is 0 Å². The number of ether oxygens (including phenoxy) is 2. The Morgan fingerprint density at radius 1 is 1.29 bits per heavy atom. The maximum Gasteiger partial charge on any atom is 0.387 e. The van der Waals surface area contributed by atoms with Crippen LogP contribution in [-0.4, -0.2) is 43.8 Å². The molecular formula is C15H22F2N2O2. The van der Waals surface area contributed by atoms with E-state index >= 15 is 0 Å². The molecule has 0 saturated carbocycles. The van der Waals surface area contributed by atoms with E-state index in [0.29, 0.717) is 18.4 Å². The molecule has 0 unspecified atom stereocenters. The van der Waals surface area contributed by atoms with E-state index in [1.54, 1.807) is 12.1 Å². The smallest absolute Gasteiger partial charge is 0.387 e. The third-order valence-corrected chi connectivity index (χ3v) is 3.59. The number of alkyl halides is 2. The molecule has 21 heavy (non-hydrogen) atoms. The Kier molecular flexibility index (Phi) is 5.76. The van der Waals surface area contributed by atoms with Gasteiger partial charge < -0.3 is 14.8 Å². The van der Waals surface area contributed by atoms with E-state index in [1.807, 2.05) is 13.0 Å². The number of hydrogen-bond donors (Lipinski definition) is 1. The van der Waals surface area contributed by atoms with Gasteiger partial charge in [-0.3, -0.25) is 4.90 Å². The normalized spacial score (nSPS) is 15.3. The van der Waals surface area contributed by atoms with Crippen LogP contribution in [-0.2, 0) is 6.54 Å². The molecular weight excluding hydrogens is 278 g/mol. The van der Waals surface area contributed by atoms with Crippen LogP contribution < -0.4 is 14.8 Å². The molecule has 0 amide bonds. The molecule has 0 bridgehead atoms. The fraction of sp³-hybridized carbons (Fsp3) is 0.600. The molecule has 4 nitrogen and oxygen atoms in total. The largest absolute Gasteiger partial charge is 0.490 e. The third-order valence-electron chi connectivity index (χ3n) is 3.59. The second-order valence-electron chi connectivity index (χ2n) is 4.97. The minimum atomic E-state index is -2.84. The lowest BCUT2D eigenvalue weighted by molar-refractivity contribution is -0.0514. The fourth-order valence-electron chi connectivity index (χ4n) is 2.38. The SMILES string of the molecule is CCOc1cc(CN(CC)C2CNC2)ccc1OC(F)F. The average molecular weight is 300 g/mol. The van der Waals surface area contributed by atoms with Crippen LogP contribution in [0.15, 0.2) is 18.2 Å². The van der Waals surface area contributed by atoms with Gasteiger partial charge in [-0.25, -0.2) is 0 Å². The van der Waals surface area contributed by atoms with Gasteiger partial charge >= 0.3 is 6.61 Å². The molecule has 1 aromatic carbocycles. The maximum atomic E-state index is 12.4. The molecule has 0 atom stereocenters. The molecule has 118 valence electrons. The van der Waals surface area contributed by atoms with Gasteiger partial charge in [0, 0.05) is 25.7 Å². The van der Waals surface area contributed by atoms with Crippen molar-refractivity contribution < 1.29 is 18.3 Å². The molecule has 1 aromatic rings. The van der Waals surface area contributed by atoms with E-state index in [0.717, 1.165) is 31.7 Å². The van der Waals surface area contributed by atoms with Gasteiger partial charge in [-0.15, -0.1) is 0 Å². The number of rotatable bonds is 8. The van der Waals surface area contributed by atoms with Gasteiger partial charge in [0.15, 0.2) is 11.5 Å². The van der Waals surface area contributed by atoms with Gasteiger partial charge in [0.25, 0.3) is 0 Å². The highest BCUT2D eigenvalue weighted by molar-refractivity contribution is 5.43. The molecule has 0 radical (unpaired) electrons. The van der Waals surface area contributed by atoms with Crippen LogP contribution in [0.3, 0.4) is 0 Å². The number of likely N-dealkylation sites (N-methyl/N-ethyl adjacent to an activating group) is 1. The quantitative estimate of drug-likeness (QED) is 0.800. The molecule has 0 spiro atoms. The predicted octanol–water partition coefficient (Wildman–Crippen LogP) is 2.48. The number of halogens is 2. The molecule has 1 saturated heterocycles. The minimum absolute atomic E-state index is 0.0870. The molecule has 0 aromatic heterocycles. The zero-order valence-corrected chi connectivity index (χ0v) is 12.4. The second-order valence-corrected chi connectivity index (χ2v) is 4.97. The van der Waals surface area contributed by atoms with Crippen LogP contribution >= 0.6 is 0 Å². The summed E-state index contributed by atoms with van der Waals surface area (Å²) in [5, 5.41) is 3.25. The van der Waals surface area contributed by atoms with Crippen molar-refractivity contribution in [2.75, 3.05) is 26.2 Å². The predicted molar refractivity (Wildman–Crippen MR) is 77.0 cm³/mol. The van der Waals surface area contributed by atoms with Crippen LogP contribution in [0.5, 0.6) is 11.5 Å². The molecule has 1 N–H and O–H groups in total. The van der Waals surface area contributed by atoms with E-state index in [1.165, 1.54) is 0 Å². The Bertz CT molecular complexity index is 453. The summed E-state index contributed by atoms with van der Waals surface area (Å²) in [7, 11) is 0. The highest BCUT2D eigenvalue weighted by Crippen LogP contribution is 2.30. The minimum Gasteiger partial charge on any atom is -0.490 e. The molecule has 1 aliphatic heterocycles. The molecule has 2 rings (SSSR count). The van der Waals surface area contributed by atoms with Crippen molar-refractivity contribution >= 4 is 0 Å². The number of hydrogen-bond acceptors (Lipinski definition) is 4. The summed E-state index contributed by atoms with van der Waals surface area (Å²) in [6.45, 7) is 5.23. The Labute approximate surface area is 124 Å². The summed E-state index contributed by atoms with van der Waals surface area (Å²) in [5.74, 6) is 0.460. The van der Waals surface area contributed by atoms with Crippen molar-refractivity contribution in [2.24, 2.45) is 0 Å². The summed E-state index contributed by atoms with van der Waals surface area (Å²) < 4.78 is 34.6. The summed E-state index contributed by atoms with van der Waals surface area (Å²) in [4.78, 5) is 2.36. The summed E-state index contributed by atoms with van der Waals surface area (Å²) in [6.07, 6.45) is 0. The molecule has 1 heterocycles. The Morgan fingerprint density at radius 3 is 2.57 bits per heavy atom. The number of benzene rings is 1. The Morgan fingerprint density at radius 2 is 2.05 bits per heavy atom. The lowest BCUT2D eigenvalue weighted by atomic mass is 10.1. The summed E-state index contributed by atoms with van der Waals surface area (Å²) in [6, 6.07) is 5.70. The average Bonchev–Trinajstić information content (AvgIpc) is 2.38. The highest BCUT2D eigenvalue weighted by Gasteiger charge is 2.23. The first-order valence-electron chi connectivity index (χ1n) is 7.29. The number of nitrogens with zero attached hydrogens (tertiary/aromatic N) is 1. The Balaban J connectivity index is 2.10. The monoisotopic (exact) mass is 300 g/mol. The van der Waals surface area contributed by atoms with Gasteiger partial charge in [-0.2, -0.15) is 8.78 Å². The van der Waals surface area contributed by atoms with E-state index in [-0.39, 0.29) is 5.75 Å². The fourth-order valence-corrected chi connectivity index (χ4v) is 2.38. The topological polar surface area (TPSA) is 33.7 Å². The van der Waals surface area contributed by atoms with Crippen LogP contribution in [0.1, 0.15) is 19.4 Å². The van der Waals surface area contributed by atoms with Crippen molar-refractivity contribution in [3.63, 3.8) is 0 Å². The van der Waals surface area contributed by atoms with E-state index < -0.39 is 6.61 Å². The van der Waals surface area contributed by atoms with Gasteiger partial charge in [0.05, 0.1) is 6.61 Å². The first-order chi connectivity index (χ1) is 10.1.